The van der Waals surface area contributed by atoms with Gasteiger partial charge in [0.15, 0.2) is 101 Å². The van der Waals surface area contributed by atoms with E-state index in [1.165, 1.54) is 42.3 Å². The number of nitrogens with zero attached hydrogens (tertiary/aromatic N) is 20. The summed E-state index contributed by atoms with van der Waals surface area (Å²) in [6, 6.07) is 12.9. The van der Waals surface area contributed by atoms with Gasteiger partial charge in [-0.1, -0.05) is 147 Å². The van der Waals surface area contributed by atoms with E-state index in [0.29, 0.717) is 74.7 Å². The number of benzene rings is 2. The van der Waals surface area contributed by atoms with Crippen LogP contribution in [0.15, 0.2) is 99.1 Å². The number of aromatic nitrogens is 16. The SMILES string of the molecule is CC[C@H]1O[C@@H](n2cnc3c(N(C(=O)OC(C)(C)C)C(=O)OC(C)(C)C)ncnc32)CC1O[Si](C)(C)C(C)(C)C.CC[C@H]1O[C@@H](n2cnc3c(N(Cc4ccccc4[N+](=O)[O-])C(=O)OC(C)(C)C)ncnc32)CC1O[Si](C)(C)C(C)(C)C.CC[C@H]1O[C@@H](n2cnc3c(NC(=O)OC(C)(C)C)ncnc32)CC1O[Si](C)(C)C(C)(C)C.CC[C@H]1O[C@@H](n2cnc3c(NCc4ccccc4[N+](=O)[O-])ncnc32)CC1O[Si](C)(C)C(C)(C)C. The third-order valence-electron chi connectivity index (χ3n) is 28.0. The molecule has 812 valence electrons. The summed E-state index contributed by atoms with van der Waals surface area (Å²) in [5, 5.41) is 29.3. The summed E-state index contributed by atoms with van der Waals surface area (Å²) in [5.41, 5.74) is 1.56. The van der Waals surface area contributed by atoms with Crippen LogP contribution in [0, 0.1) is 20.2 Å². The highest BCUT2D eigenvalue weighted by Gasteiger charge is 2.51. The minimum atomic E-state index is -2.04. The molecule has 0 radical (unpaired) electrons. The Morgan fingerprint density at radius 1 is 0.378 bits per heavy atom. The molecule has 4 fully saturated rings. The van der Waals surface area contributed by atoms with Crippen LogP contribution < -0.4 is 20.4 Å². The Labute approximate surface area is 872 Å². The fraction of sp³-hybridized carbons (Fsp3) is 0.647. The number of ether oxygens (including phenoxy) is 8. The molecular weight excluding hydrogens is 1970 g/mol. The van der Waals surface area contributed by atoms with Gasteiger partial charge < -0.3 is 60.9 Å². The van der Waals surface area contributed by atoms with Crippen LogP contribution in [-0.4, -0.2) is 217 Å². The summed E-state index contributed by atoms with van der Waals surface area (Å²) in [6.45, 7) is 74.2. The Kier molecular flexibility index (Phi) is 36.2. The number of anilines is 4. The van der Waals surface area contributed by atoms with Crippen LogP contribution >= 0.6 is 0 Å². The van der Waals surface area contributed by atoms with Crippen LogP contribution in [0.2, 0.25) is 72.5 Å². The molecule has 4 amide bonds. The summed E-state index contributed by atoms with van der Waals surface area (Å²) in [6.07, 6.45) is 13.5. The summed E-state index contributed by atoms with van der Waals surface area (Å²) in [7, 11) is -7.95. The van der Waals surface area contributed by atoms with E-state index in [2.05, 4.69) is 234 Å². The second-order valence-corrected chi connectivity index (χ2v) is 67.0. The standard InChI is InChI=1S/C29H42N6O6Si.C27H45N5O6Si.C24H34N6O4Si.C22H37N5O4Si/c1-10-21-22(41-42(8,9)29(5,6)7)15-23(39-21)34-18-32-24-25(30-17-31-26(24)34)33(27(36)40-28(2,3)4)16-19-13-11-12-14-20(19)35(37)38;1-13-17-18(38-39(11,12)27(8,9)10)14-19(35-17)31-16-30-20-21(31)28-15-29-22(20)32(23(33)36-25(2,3)4)24(34)37-26(5,6)7;1-7-18-19(34-35(5,6)24(2,3)4)12-20(33-18)29-15-28-21-22(26-14-27-23(21)29)25-13-16-10-8-9-11-17(16)30(31)32;1-10-14-15(31-32(8,9)22(5,6)7)11-16(29-14)27-13-25-17-18(23-12-24-19(17)27)26-20(28)30-21(2,3)4/h11-14,17-18,21-23H,10,15-16H2,1-9H3;15-19H,13-14H2,1-12H3;8-11,14-15,18-20H,7,12-13H2,1-6H3,(H,25,26,27);12-16H,10-11H2,1-9H3,(H,23,24,26,28)/t21-,22?,23-;17-,18?,19-;18-,19?,20-;14-,15?,16-/m1111/s1. The van der Waals surface area contributed by atoms with Gasteiger partial charge >= 0.3 is 24.4 Å². The lowest BCUT2D eigenvalue weighted by Crippen LogP contribution is -2.45. The summed E-state index contributed by atoms with van der Waals surface area (Å²) in [5.74, 6) is 0.986. The maximum atomic E-state index is 13.5. The number of rotatable bonds is 26. The van der Waals surface area contributed by atoms with Crippen LogP contribution in [0.5, 0.6) is 0 Å². The number of carbonyl (C=O) groups is 4. The van der Waals surface area contributed by atoms with E-state index in [4.69, 9.17) is 55.6 Å². The van der Waals surface area contributed by atoms with Gasteiger partial charge in [0, 0.05) is 55.5 Å². The largest absolute Gasteiger partial charge is 0.444 e. The van der Waals surface area contributed by atoms with Crippen LogP contribution in [0.4, 0.5) is 53.8 Å². The van der Waals surface area contributed by atoms with Crippen molar-refractivity contribution in [3.05, 3.63) is 131 Å². The summed E-state index contributed by atoms with van der Waals surface area (Å²) >= 11 is 0. The number of hydrogen-bond acceptors (Lipinski definition) is 33. The zero-order valence-electron chi connectivity index (χ0n) is 93.3. The smallest absolute Gasteiger partial charge is 0.425 e. The van der Waals surface area contributed by atoms with E-state index in [0.717, 1.165) is 43.4 Å². The van der Waals surface area contributed by atoms with Crippen molar-refractivity contribution in [3.63, 3.8) is 0 Å². The summed E-state index contributed by atoms with van der Waals surface area (Å²) in [4.78, 5) is 129. The van der Waals surface area contributed by atoms with E-state index in [-0.39, 0.29) is 140 Å². The van der Waals surface area contributed by atoms with Crippen molar-refractivity contribution < 1.29 is 84.6 Å². The molecule has 0 bridgehead atoms. The molecule has 42 nitrogen and oxygen atoms in total. The fourth-order valence-electron chi connectivity index (χ4n) is 16.3. The normalized spacial score (nSPS) is 20.8. The van der Waals surface area contributed by atoms with Gasteiger partial charge in [0.2, 0.25) is 0 Å². The van der Waals surface area contributed by atoms with Crippen LogP contribution in [0.3, 0.4) is 0 Å². The number of carbonyl (C=O) groups excluding carboxylic acids is 4. The minimum Gasteiger partial charge on any atom is -0.444 e. The number of hydrogen-bond donors (Lipinski definition) is 2. The average Bonchev–Trinajstić information content (AvgIpc) is 1.42. The molecule has 10 aromatic rings. The van der Waals surface area contributed by atoms with Crippen molar-refractivity contribution in [2.24, 2.45) is 0 Å². The summed E-state index contributed by atoms with van der Waals surface area (Å²) < 4.78 is 82.1. The highest BCUT2D eigenvalue weighted by Crippen LogP contribution is 2.49. The zero-order valence-corrected chi connectivity index (χ0v) is 97.3. The number of nitro groups is 2. The Balaban J connectivity index is 0.000000188. The predicted octanol–water partition coefficient (Wildman–Crippen LogP) is 24.1. The first-order valence-corrected chi connectivity index (χ1v) is 62.6. The lowest BCUT2D eigenvalue weighted by molar-refractivity contribution is -0.385. The number of fused-ring (bicyclic) bond motifs is 4. The molecule has 4 aliphatic heterocycles. The molecule has 12 atom stereocenters. The molecule has 12 heterocycles. The first-order chi connectivity index (χ1) is 68.5. The van der Waals surface area contributed by atoms with Gasteiger partial charge in [0.25, 0.3) is 11.4 Å². The van der Waals surface area contributed by atoms with E-state index in [9.17, 15) is 39.4 Å². The maximum Gasteiger partial charge on any atom is 0.425 e. The molecule has 0 spiro atoms. The monoisotopic (exact) mass is 2120 g/mol. The van der Waals surface area contributed by atoms with E-state index < -0.39 is 85.0 Å². The number of imide groups is 1. The molecule has 4 saturated heterocycles. The molecular formula is C102H158N22O20Si4. The van der Waals surface area contributed by atoms with E-state index >= 15 is 0 Å². The van der Waals surface area contributed by atoms with Crippen molar-refractivity contribution in [2.75, 3.05) is 20.4 Å². The maximum absolute atomic E-state index is 13.5. The number of nitrogens with one attached hydrogen (secondary N) is 2. The molecule has 4 unspecified atom stereocenters. The molecule has 0 aliphatic carbocycles. The second-order valence-electron chi connectivity index (χ2n) is 48.0. The van der Waals surface area contributed by atoms with E-state index in [1.807, 2.05) is 13.7 Å². The van der Waals surface area contributed by atoms with E-state index in [1.54, 1.807) is 149 Å². The molecule has 8 aromatic heterocycles. The van der Waals surface area contributed by atoms with Crippen LogP contribution in [0.25, 0.3) is 44.7 Å². The quantitative estimate of drug-likeness (QED) is 0.0220. The molecule has 4 aliphatic rings. The zero-order chi connectivity index (χ0) is 110. The van der Waals surface area contributed by atoms with Gasteiger partial charge in [-0.15, -0.1) is 0 Å². The second kappa shape index (κ2) is 45.7. The van der Waals surface area contributed by atoms with Crippen molar-refractivity contribution >= 4 is 137 Å². The van der Waals surface area contributed by atoms with Crippen LogP contribution in [-0.2, 0) is 68.7 Å². The van der Waals surface area contributed by atoms with Gasteiger partial charge in [-0.05, 0) is 181 Å². The first kappa shape index (κ1) is 117. The minimum absolute atomic E-state index is 0.00429. The Morgan fingerprint density at radius 2 is 0.662 bits per heavy atom. The number of imidazole rings is 4. The van der Waals surface area contributed by atoms with Crippen molar-refractivity contribution in [3.8, 4) is 0 Å². The number of para-hydroxylation sites is 2. The third-order valence-corrected chi connectivity index (χ3v) is 46.0. The topological polar surface area (TPSA) is 470 Å². The fourth-order valence-corrected chi connectivity index (χ4v) is 21.7. The highest BCUT2D eigenvalue weighted by molar-refractivity contribution is 6.75. The molecule has 14 rings (SSSR count). The molecule has 0 saturated carbocycles. The van der Waals surface area contributed by atoms with Gasteiger partial charge in [0.05, 0.1) is 90.5 Å². The van der Waals surface area contributed by atoms with Crippen molar-refractivity contribution in [2.45, 2.75) is 427 Å². The highest BCUT2D eigenvalue weighted by atomic mass is 28.4. The third kappa shape index (κ3) is 28.5. The predicted molar refractivity (Wildman–Crippen MR) is 576 cm³/mol. The number of amides is 4. The first-order valence-electron chi connectivity index (χ1n) is 51.0. The van der Waals surface area contributed by atoms with Gasteiger partial charge in [-0.3, -0.25) is 48.7 Å². The van der Waals surface area contributed by atoms with Gasteiger partial charge in [-0.2, -0.15) is 4.90 Å². The van der Waals surface area contributed by atoms with Crippen LogP contribution in [0.1, 0.15) is 281 Å². The van der Waals surface area contributed by atoms with Gasteiger partial charge in [0.1, 0.15) is 72.6 Å². The molecule has 2 aromatic carbocycles. The lowest BCUT2D eigenvalue weighted by Gasteiger charge is -2.39. The average molecular weight is 2120 g/mol. The lowest BCUT2D eigenvalue weighted by atomic mass is 10.1. The number of nitro benzene ring substituents is 2. The molecule has 2 N–H and O–H groups in total. The molecule has 148 heavy (non-hydrogen) atoms. The van der Waals surface area contributed by atoms with Gasteiger partial charge in [-0.25, -0.2) is 79.0 Å². The van der Waals surface area contributed by atoms with Crippen molar-refractivity contribution in [1.29, 1.82) is 0 Å². The Morgan fingerprint density at radius 3 is 0.993 bits per heavy atom. The van der Waals surface area contributed by atoms with Crippen molar-refractivity contribution in [1.82, 2.24) is 78.1 Å². The Bertz CT molecular complexity index is 6270. The molecule has 46 heteroatoms. The Hall–Kier alpha value is -10.9.